The molecule has 2 aliphatic heterocycles. The highest BCUT2D eigenvalue weighted by Gasteiger charge is 2.49. The largest absolute Gasteiger partial charge is 0.461 e. The number of anilines is 1. The Kier molecular flexibility index (Phi) is 5.52. The lowest BCUT2D eigenvalue weighted by atomic mass is 9.91. The molecule has 6 rings (SSSR count). The number of pyridine rings is 1. The van der Waals surface area contributed by atoms with E-state index < -0.39 is 12.0 Å². The number of fused-ring (bicyclic) bond motifs is 3. The van der Waals surface area contributed by atoms with Gasteiger partial charge < -0.3 is 10.5 Å². The third-order valence-corrected chi connectivity index (χ3v) is 7.74. The van der Waals surface area contributed by atoms with Gasteiger partial charge in [0, 0.05) is 24.7 Å². The van der Waals surface area contributed by atoms with Crippen molar-refractivity contribution in [3.05, 3.63) is 54.0 Å². The van der Waals surface area contributed by atoms with E-state index >= 15 is 4.39 Å². The molecular weight excluding hydrogens is 460 g/mol. The summed E-state index contributed by atoms with van der Waals surface area (Å²) in [5.74, 6) is -0.211. The molecule has 2 saturated heterocycles. The zero-order valence-electron chi connectivity index (χ0n) is 20.5. The molecule has 4 aromatic rings. The van der Waals surface area contributed by atoms with Crippen LogP contribution >= 0.6 is 0 Å². The van der Waals surface area contributed by atoms with Gasteiger partial charge in [-0.3, -0.25) is 9.88 Å². The van der Waals surface area contributed by atoms with Crippen molar-refractivity contribution in [2.24, 2.45) is 0 Å². The summed E-state index contributed by atoms with van der Waals surface area (Å²) in [6.07, 6.45) is 2.95. The molecule has 2 atom stereocenters. The minimum absolute atomic E-state index is 0.000345. The Balaban J connectivity index is 1.42. The van der Waals surface area contributed by atoms with Crippen LogP contribution in [0.1, 0.15) is 44.6 Å². The lowest BCUT2D eigenvalue weighted by molar-refractivity contribution is 0.107. The molecule has 0 amide bonds. The lowest BCUT2D eigenvalue weighted by Gasteiger charge is -2.30. The Labute approximate surface area is 208 Å². The first-order valence-electron chi connectivity index (χ1n) is 12.5. The van der Waals surface area contributed by atoms with Crippen molar-refractivity contribution in [2.45, 2.75) is 50.7 Å². The maximum Gasteiger partial charge on any atom is 0.319 e. The van der Waals surface area contributed by atoms with Gasteiger partial charge in [0.2, 0.25) is 0 Å². The van der Waals surface area contributed by atoms with Crippen LogP contribution in [0, 0.1) is 5.82 Å². The average molecular weight is 490 g/mol. The second kappa shape index (κ2) is 8.62. The van der Waals surface area contributed by atoms with Gasteiger partial charge >= 0.3 is 6.01 Å². The van der Waals surface area contributed by atoms with Crippen molar-refractivity contribution >= 4 is 27.5 Å². The highest BCUT2D eigenvalue weighted by atomic mass is 19.1. The van der Waals surface area contributed by atoms with Crippen molar-refractivity contribution in [3.8, 4) is 17.3 Å². The maximum atomic E-state index is 16.1. The summed E-state index contributed by atoms with van der Waals surface area (Å²) in [6, 6.07) is 11.9. The van der Waals surface area contributed by atoms with Crippen LogP contribution in [0.15, 0.2) is 42.6 Å². The fraction of sp³-hybridized carbons (Fsp3) is 0.393. The first-order valence-corrected chi connectivity index (χ1v) is 12.5. The predicted octanol–water partition coefficient (Wildman–Crippen LogP) is 5.64. The fourth-order valence-corrected chi connectivity index (χ4v) is 6.01. The van der Waals surface area contributed by atoms with E-state index in [9.17, 15) is 4.39 Å². The minimum Gasteiger partial charge on any atom is -0.461 e. The Hall–Kier alpha value is -3.39. The summed E-state index contributed by atoms with van der Waals surface area (Å²) in [6.45, 7) is 5.77. The Morgan fingerprint density at radius 1 is 1.19 bits per heavy atom. The number of hydrogen-bond acceptors (Lipinski definition) is 6. The van der Waals surface area contributed by atoms with E-state index in [1.165, 1.54) is 6.20 Å². The second-order valence-electron chi connectivity index (χ2n) is 10.3. The number of hydrogen-bond donors (Lipinski definition) is 1. The Morgan fingerprint density at radius 3 is 2.81 bits per heavy atom. The van der Waals surface area contributed by atoms with Crippen molar-refractivity contribution in [1.82, 2.24) is 19.9 Å². The van der Waals surface area contributed by atoms with Gasteiger partial charge in [-0.1, -0.05) is 50.2 Å². The normalized spacial score (nSPS) is 22.1. The number of nitrogens with zero attached hydrogens (tertiary/aromatic N) is 4. The molecule has 2 aromatic heterocycles. The standard InChI is InChI=1S/C28H29F2N5O/c1-16(2)19-8-3-6-17-7-4-9-20(22(17)19)24-23(30)25-21(13-32-24)26(31)34-27(33-25)36-15-28-10-5-11-35(28)14-18(29)12-28/h3-4,6-9,13,16,18H,5,10-12,14-15H2,1-2H3,(H2,31,33,34)/t18-,28+/m1/s1. The van der Waals surface area contributed by atoms with Crippen LogP contribution in [0.5, 0.6) is 6.01 Å². The van der Waals surface area contributed by atoms with Crippen LogP contribution in [0.25, 0.3) is 32.9 Å². The fourth-order valence-electron chi connectivity index (χ4n) is 6.01. The summed E-state index contributed by atoms with van der Waals surface area (Å²) in [4.78, 5) is 15.3. The van der Waals surface area contributed by atoms with Crippen LogP contribution in [-0.2, 0) is 0 Å². The van der Waals surface area contributed by atoms with Gasteiger partial charge in [-0.05, 0) is 41.6 Å². The van der Waals surface area contributed by atoms with Gasteiger partial charge in [0.05, 0.1) is 10.9 Å². The number of nitrogens with two attached hydrogens (primary N) is 1. The van der Waals surface area contributed by atoms with E-state index in [0.717, 1.165) is 35.7 Å². The molecule has 0 saturated carbocycles. The molecule has 0 unspecified atom stereocenters. The molecule has 2 fully saturated rings. The number of benzene rings is 2. The van der Waals surface area contributed by atoms with Gasteiger partial charge in [0.15, 0.2) is 5.82 Å². The molecular formula is C28H29F2N5O. The van der Waals surface area contributed by atoms with Crippen LogP contribution in [0.3, 0.4) is 0 Å². The number of ether oxygens (including phenoxy) is 1. The van der Waals surface area contributed by atoms with E-state index in [1.807, 2.05) is 30.3 Å². The van der Waals surface area contributed by atoms with E-state index in [0.29, 0.717) is 23.9 Å². The molecule has 2 aromatic carbocycles. The molecule has 186 valence electrons. The third kappa shape index (κ3) is 3.66. The first-order chi connectivity index (χ1) is 17.4. The minimum atomic E-state index is -0.862. The van der Waals surface area contributed by atoms with Gasteiger partial charge in [0.1, 0.15) is 29.8 Å². The molecule has 0 bridgehead atoms. The highest BCUT2D eigenvalue weighted by molar-refractivity contribution is 6.00. The van der Waals surface area contributed by atoms with E-state index in [4.69, 9.17) is 10.5 Å². The quantitative estimate of drug-likeness (QED) is 0.391. The Bertz CT molecular complexity index is 1470. The number of alkyl halides is 1. The van der Waals surface area contributed by atoms with Crippen LogP contribution < -0.4 is 10.5 Å². The van der Waals surface area contributed by atoms with Gasteiger partial charge in [-0.25, -0.2) is 8.78 Å². The van der Waals surface area contributed by atoms with Crippen LogP contribution in [0.4, 0.5) is 14.6 Å². The molecule has 2 aliphatic rings. The maximum absolute atomic E-state index is 16.1. The number of nitrogen functional groups attached to an aromatic ring is 1. The monoisotopic (exact) mass is 489 g/mol. The number of halogens is 2. The third-order valence-electron chi connectivity index (χ3n) is 7.74. The SMILES string of the molecule is CC(C)c1cccc2cccc(-c3ncc4c(N)nc(OC[C@@]56CCCN5C[C@H](F)C6)nc4c3F)c12. The molecule has 4 heterocycles. The number of rotatable bonds is 5. The van der Waals surface area contributed by atoms with E-state index in [2.05, 4.69) is 39.8 Å². The zero-order chi connectivity index (χ0) is 25.0. The molecule has 2 N–H and O–H groups in total. The van der Waals surface area contributed by atoms with Crippen molar-refractivity contribution in [3.63, 3.8) is 0 Å². The van der Waals surface area contributed by atoms with Crippen LogP contribution in [-0.4, -0.2) is 51.3 Å². The highest BCUT2D eigenvalue weighted by Crippen LogP contribution is 2.41. The van der Waals surface area contributed by atoms with Crippen molar-refractivity contribution in [2.75, 3.05) is 25.4 Å². The average Bonchev–Trinajstić information content (AvgIpc) is 3.38. The first kappa shape index (κ1) is 23.0. The predicted molar refractivity (Wildman–Crippen MR) is 137 cm³/mol. The van der Waals surface area contributed by atoms with E-state index in [-0.39, 0.29) is 41.1 Å². The van der Waals surface area contributed by atoms with Crippen molar-refractivity contribution in [1.29, 1.82) is 0 Å². The summed E-state index contributed by atoms with van der Waals surface area (Å²) in [5, 5.41) is 2.33. The molecule has 0 spiro atoms. The second-order valence-corrected chi connectivity index (χ2v) is 10.3. The van der Waals surface area contributed by atoms with Gasteiger partial charge in [-0.2, -0.15) is 9.97 Å². The van der Waals surface area contributed by atoms with Gasteiger partial charge in [-0.15, -0.1) is 0 Å². The summed E-state index contributed by atoms with van der Waals surface area (Å²) in [7, 11) is 0. The summed E-state index contributed by atoms with van der Waals surface area (Å²) < 4.78 is 36.1. The molecule has 6 nitrogen and oxygen atoms in total. The van der Waals surface area contributed by atoms with Gasteiger partial charge in [0.25, 0.3) is 0 Å². The Morgan fingerprint density at radius 2 is 2.00 bits per heavy atom. The molecule has 36 heavy (non-hydrogen) atoms. The summed E-state index contributed by atoms with van der Waals surface area (Å²) in [5.41, 5.74) is 7.92. The zero-order valence-corrected chi connectivity index (χ0v) is 20.5. The molecule has 0 aliphatic carbocycles. The van der Waals surface area contributed by atoms with E-state index in [1.54, 1.807) is 0 Å². The number of aromatic nitrogens is 3. The van der Waals surface area contributed by atoms with Crippen molar-refractivity contribution < 1.29 is 13.5 Å². The summed E-state index contributed by atoms with van der Waals surface area (Å²) >= 11 is 0. The molecule has 8 heteroatoms. The van der Waals surface area contributed by atoms with Crippen LogP contribution in [0.2, 0.25) is 0 Å². The lowest BCUT2D eigenvalue weighted by Crippen LogP contribution is -2.43. The smallest absolute Gasteiger partial charge is 0.319 e. The topological polar surface area (TPSA) is 77.2 Å². The molecule has 0 radical (unpaired) electrons.